The maximum atomic E-state index is 12.8. The van der Waals surface area contributed by atoms with Crippen LogP contribution in [0.15, 0.2) is 60.8 Å². The minimum Gasteiger partial charge on any atom is -0.462 e. The van der Waals surface area contributed by atoms with Crippen LogP contribution in [0.1, 0.15) is 335 Å². The molecule has 0 aliphatic rings. The van der Waals surface area contributed by atoms with Gasteiger partial charge in [0.1, 0.15) is 13.2 Å². The Morgan fingerprint density at radius 2 is 0.527 bits per heavy atom. The molecule has 0 bridgehead atoms. The molecule has 430 valence electrons. The standard InChI is InChI=1S/C68H122O6/c1-4-7-10-13-16-19-21-23-24-25-26-27-28-29-30-31-32-33-34-35-36-37-38-39-40-41-42-43-44-46-47-49-52-55-58-61-67(70)73-64-65(63-72-66(69)60-57-54-51-18-15-12-9-6-3)74-68(71)62-59-56-53-50-48-45-22-20-17-14-11-8-5-2/h7,10,16,19-20,22-24,26-27,65H,4-6,8-9,11-15,17-18,21,25,28-64H2,1-3H3/b10-7-,19-16-,22-20-,24-23-,27-26-. The Kier molecular flexibility index (Phi) is 60.2. The van der Waals surface area contributed by atoms with Crippen LogP contribution in [0.2, 0.25) is 0 Å². The number of ether oxygens (including phenoxy) is 3. The van der Waals surface area contributed by atoms with Crippen molar-refractivity contribution in [2.45, 2.75) is 341 Å². The second kappa shape index (κ2) is 62.6. The number of rotatable bonds is 59. The molecule has 0 rings (SSSR count). The fourth-order valence-electron chi connectivity index (χ4n) is 9.43. The molecule has 0 saturated carbocycles. The van der Waals surface area contributed by atoms with Gasteiger partial charge in [-0.05, 0) is 83.5 Å². The summed E-state index contributed by atoms with van der Waals surface area (Å²) < 4.78 is 16.8. The van der Waals surface area contributed by atoms with Crippen molar-refractivity contribution in [3.63, 3.8) is 0 Å². The molecule has 0 aromatic heterocycles. The van der Waals surface area contributed by atoms with Crippen molar-refractivity contribution in [1.82, 2.24) is 0 Å². The molecule has 0 radical (unpaired) electrons. The van der Waals surface area contributed by atoms with Gasteiger partial charge in [-0.3, -0.25) is 14.4 Å². The van der Waals surface area contributed by atoms with Crippen molar-refractivity contribution in [3.05, 3.63) is 60.8 Å². The summed E-state index contributed by atoms with van der Waals surface area (Å²) in [6, 6.07) is 0. The molecule has 0 saturated heterocycles. The highest BCUT2D eigenvalue weighted by molar-refractivity contribution is 5.71. The van der Waals surface area contributed by atoms with E-state index in [0.29, 0.717) is 19.3 Å². The number of carbonyl (C=O) groups is 3. The molecular weight excluding hydrogens is 913 g/mol. The monoisotopic (exact) mass is 1030 g/mol. The molecule has 0 heterocycles. The Bertz CT molecular complexity index is 1330. The molecular formula is C68H122O6. The number of allylic oxidation sites excluding steroid dienone is 10. The number of hydrogen-bond donors (Lipinski definition) is 0. The summed E-state index contributed by atoms with van der Waals surface area (Å²) in [6.07, 6.45) is 79.9. The lowest BCUT2D eigenvalue weighted by Crippen LogP contribution is -2.30. The van der Waals surface area contributed by atoms with Crippen LogP contribution in [0, 0.1) is 0 Å². The SMILES string of the molecule is CC/C=C\C/C=C\C/C=C\C/C=C\CCCCCCCCCCCCCCCCCCCCCCCCC(=O)OCC(COC(=O)CCCCCCCCCC)OC(=O)CCCCCCC/C=C\CCCCCC. The van der Waals surface area contributed by atoms with Crippen molar-refractivity contribution in [2.75, 3.05) is 13.2 Å². The van der Waals surface area contributed by atoms with E-state index >= 15 is 0 Å². The molecule has 1 unspecified atom stereocenters. The van der Waals surface area contributed by atoms with Crippen molar-refractivity contribution in [2.24, 2.45) is 0 Å². The van der Waals surface area contributed by atoms with E-state index in [2.05, 4.69) is 81.5 Å². The summed E-state index contributed by atoms with van der Waals surface area (Å²) in [5.41, 5.74) is 0. The van der Waals surface area contributed by atoms with Gasteiger partial charge in [-0.25, -0.2) is 0 Å². The Morgan fingerprint density at radius 1 is 0.284 bits per heavy atom. The molecule has 74 heavy (non-hydrogen) atoms. The van der Waals surface area contributed by atoms with E-state index in [1.807, 2.05) is 0 Å². The van der Waals surface area contributed by atoms with E-state index in [1.54, 1.807) is 0 Å². The minimum atomic E-state index is -0.771. The van der Waals surface area contributed by atoms with E-state index in [4.69, 9.17) is 14.2 Å². The summed E-state index contributed by atoms with van der Waals surface area (Å²) in [7, 11) is 0. The predicted octanol–water partition coefficient (Wildman–Crippen LogP) is 21.9. The third-order valence-electron chi connectivity index (χ3n) is 14.3. The first-order valence-electron chi connectivity index (χ1n) is 32.3. The first-order valence-corrected chi connectivity index (χ1v) is 32.3. The molecule has 0 amide bonds. The first kappa shape index (κ1) is 71.1. The average molecular weight is 1040 g/mol. The van der Waals surface area contributed by atoms with E-state index in [0.717, 1.165) is 89.9 Å². The topological polar surface area (TPSA) is 78.9 Å². The normalized spacial score (nSPS) is 12.4. The molecule has 0 aromatic carbocycles. The number of carbonyl (C=O) groups excluding carboxylic acids is 3. The second-order valence-electron chi connectivity index (χ2n) is 21.6. The Labute approximate surface area is 460 Å². The van der Waals surface area contributed by atoms with Gasteiger partial charge in [0.25, 0.3) is 0 Å². The van der Waals surface area contributed by atoms with Gasteiger partial charge in [0.05, 0.1) is 0 Å². The zero-order valence-electron chi connectivity index (χ0n) is 49.4. The van der Waals surface area contributed by atoms with Gasteiger partial charge >= 0.3 is 17.9 Å². The zero-order valence-corrected chi connectivity index (χ0v) is 49.4. The van der Waals surface area contributed by atoms with E-state index in [9.17, 15) is 14.4 Å². The van der Waals surface area contributed by atoms with Crippen LogP contribution in [0.25, 0.3) is 0 Å². The highest BCUT2D eigenvalue weighted by Crippen LogP contribution is 2.17. The summed E-state index contributed by atoms with van der Waals surface area (Å²) in [6.45, 7) is 6.51. The number of esters is 3. The van der Waals surface area contributed by atoms with Crippen LogP contribution in [-0.2, 0) is 28.6 Å². The maximum absolute atomic E-state index is 12.8. The van der Waals surface area contributed by atoms with Gasteiger partial charge in [-0.15, -0.1) is 0 Å². The van der Waals surface area contributed by atoms with Gasteiger partial charge in [-0.1, -0.05) is 293 Å². The lowest BCUT2D eigenvalue weighted by atomic mass is 10.0. The molecule has 0 aliphatic heterocycles. The number of hydrogen-bond acceptors (Lipinski definition) is 6. The number of unbranched alkanes of at least 4 members (excludes halogenated alkanes) is 38. The second-order valence-corrected chi connectivity index (χ2v) is 21.6. The smallest absolute Gasteiger partial charge is 0.306 e. The third-order valence-corrected chi connectivity index (χ3v) is 14.3. The van der Waals surface area contributed by atoms with Gasteiger partial charge < -0.3 is 14.2 Å². The van der Waals surface area contributed by atoms with Crippen LogP contribution in [0.3, 0.4) is 0 Å². The highest BCUT2D eigenvalue weighted by atomic mass is 16.6. The lowest BCUT2D eigenvalue weighted by Gasteiger charge is -2.18. The average Bonchev–Trinajstić information content (AvgIpc) is 3.40. The highest BCUT2D eigenvalue weighted by Gasteiger charge is 2.19. The molecule has 6 heteroatoms. The summed E-state index contributed by atoms with van der Waals surface area (Å²) >= 11 is 0. The molecule has 6 nitrogen and oxygen atoms in total. The minimum absolute atomic E-state index is 0.0718. The maximum Gasteiger partial charge on any atom is 0.306 e. The van der Waals surface area contributed by atoms with Crippen molar-refractivity contribution in [3.8, 4) is 0 Å². The first-order chi connectivity index (χ1) is 36.5. The predicted molar refractivity (Wildman–Crippen MR) is 321 cm³/mol. The van der Waals surface area contributed by atoms with Crippen LogP contribution >= 0.6 is 0 Å². The summed E-state index contributed by atoms with van der Waals surface area (Å²) in [5, 5.41) is 0. The summed E-state index contributed by atoms with van der Waals surface area (Å²) in [5.74, 6) is -0.869. The van der Waals surface area contributed by atoms with E-state index in [1.165, 1.54) is 205 Å². The lowest BCUT2D eigenvalue weighted by molar-refractivity contribution is -0.167. The molecule has 0 N–H and O–H groups in total. The molecule has 0 spiro atoms. The Morgan fingerprint density at radius 3 is 0.851 bits per heavy atom. The quantitative estimate of drug-likeness (QED) is 0.0261. The van der Waals surface area contributed by atoms with Crippen LogP contribution in [-0.4, -0.2) is 37.2 Å². The molecule has 0 aromatic rings. The van der Waals surface area contributed by atoms with Gasteiger partial charge in [0, 0.05) is 19.3 Å². The van der Waals surface area contributed by atoms with Crippen molar-refractivity contribution < 1.29 is 28.6 Å². The van der Waals surface area contributed by atoms with E-state index in [-0.39, 0.29) is 31.1 Å². The Balaban J connectivity index is 3.94. The van der Waals surface area contributed by atoms with Crippen LogP contribution in [0.5, 0.6) is 0 Å². The Hall–Kier alpha value is -2.89. The fraction of sp³-hybridized carbons (Fsp3) is 0.809. The molecule has 1 atom stereocenters. The molecule has 0 fully saturated rings. The van der Waals surface area contributed by atoms with Gasteiger partial charge in [0.2, 0.25) is 0 Å². The van der Waals surface area contributed by atoms with E-state index < -0.39 is 6.10 Å². The van der Waals surface area contributed by atoms with Crippen molar-refractivity contribution >= 4 is 17.9 Å². The van der Waals surface area contributed by atoms with Crippen LogP contribution < -0.4 is 0 Å². The van der Waals surface area contributed by atoms with Crippen molar-refractivity contribution in [1.29, 1.82) is 0 Å². The third kappa shape index (κ3) is 60.0. The molecule has 0 aliphatic carbocycles. The largest absolute Gasteiger partial charge is 0.462 e. The fourth-order valence-corrected chi connectivity index (χ4v) is 9.43. The van der Waals surface area contributed by atoms with Crippen LogP contribution in [0.4, 0.5) is 0 Å². The zero-order chi connectivity index (χ0) is 53.6. The summed E-state index contributed by atoms with van der Waals surface area (Å²) in [4.78, 5) is 38.0. The van der Waals surface area contributed by atoms with Gasteiger partial charge in [-0.2, -0.15) is 0 Å². The van der Waals surface area contributed by atoms with Gasteiger partial charge in [0.15, 0.2) is 6.10 Å².